The Bertz CT molecular complexity index is 653. The van der Waals surface area contributed by atoms with Gasteiger partial charge in [0, 0.05) is 38.4 Å². The molecule has 3 rings (SSSR count). The largest absolute Gasteiger partial charge is 0.484 e. The fourth-order valence-electron chi connectivity index (χ4n) is 3.16. The van der Waals surface area contributed by atoms with Gasteiger partial charge in [-0.05, 0) is 13.0 Å². The number of rotatable bonds is 2. The van der Waals surface area contributed by atoms with E-state index in [0.29, 0.717) is 62.0 Å². The normalized spacial score (nSPS) is 20.4. The Morgan fingerprint density at radius 3 is 2.83 bits per heavy atom. The summed E-state index contributed by atoms with van der Waals surface area (Å²) < 4.78 is 16.3. The van der Waals surface area contributed by atoms with Crippen LogP contribution in [-0.2, 0) is 4.74 Å². The monoisotopic (exact) mass is 335 g/mol. The summed E-state index contributed by atoms with van der Waals surface area (Å²) in [6.07, 6.45) is 1.41. The lowest BCUT2D eigenvalue weighted by Crippen LogP contribution is -2.52. The molecule has 130 valence electrons. The summed E-state index contributed by atoms with van der Waals surface area (Å²) in [5.74, 6) is 1.01. The molecule has 0 aliphatic carbocycles. The minimum atomic E-state index is -0.492. The van der Waals surface area contributed by atoms with Crippen molar-refractivity contribution in [2.75, 3.05) is 26.8 Å². The van der Waals surface area contributed by atoms with Gasteiger partial charge in [0.05, 0.1) is 13.7 Å². The number of oxime groups is 1. The molecular weight excluding hydrogens is 314 g/mol. The lowest BCUT2D eigenvalue weighted by atomic mass is 9.83. The van der Waals surface area contributed by atoms with Gasteiger partial charge in [0.2, 0.25) is 5.88 Å². The number of hydrogen-bond acceptors (Lipinski definition) is 7. The molecule has 24 heavy (non-hydrogen) atoms. The number of carbonyl (C=O) groups excluding carboxylic acids is 1. The summed E-state index contributed by atoms with van der Waals surface area (Å²) in [6.45, 7) is 3.22. The van der Waals surface area contributed by atoms with Crippen LogP contribution in [0.5, 0.6) is 11.6 Å². The predicted octanol–water partition coefficient (Wildman–Crippen LogP) is 2.04. The van der Waals surface area contributed by atoms with Gasteiger partial charge in [-0.3, -0.25) is 0 Å². The van der Waals surface area contributed by atoms with Crippen LogP contribution in [-0.4, -0.2) is 59.3 Å². The molecule has 1 N–H and O–H groups in total. The van der Waals surface area contributed by atoms with Crippen molar-refractivity contribution in [2.24, 2.45) is 5.16 Å². The summed E-state index contributed by atoms with van der Waals surface area (Å²) in [6, 6.07) is 3.48. The molecule has 1 saturated heterocycles. The second-order valence-electron chi connectivity index (χ2n) is 5.89. The first-order valence-electron chi connectivity index (χ1n) is 7.98. The number of pyridine rings is 1. The highest BCUT2D eigenvalue weighted by Crippen LogP contribution is 2.39. The Kier molecular flexibility index (Phi) is 4.46. The SMILES string of the molecule is CCOC(=O)N1CCC2(CC1)CC(=NO)c1nc(OC)ccc1O2. The molecule has 1 amide bonds. The van der Waals surface area contributed by atoms with E-state index >= 15 is 0 Å². The lowest BCUT2D eigenvalue weighted by Gasteiger charge is -2.43. The number of ether oxygens (including phenoxy) is 3. The third kappa shape index (κ3) is 2.95. The number of nitrogens with zero attached hydrogens (tertiary/aromatic N) is 3. The smallest absolute Gasteiger partial charge is 0.409 e. The van der Waals surface area contributed by atoms with Crippen LogP contribution in [0.4, 0.5) is 4.79 Å². The highest BCUT2D eigenvalue weighted by molar-refractivity contribution is 6.02. The fraction of sp³-hybridized carbons (Fsp3) is 0.562. The summed E-state index contributed by atoms with van der Waals surface area (Å²) >= 11 is 0. The van der Waals surface area contributed by atoms with E-state index in [9.17, 15) is 10.0 Å². The number of piperidine rings is 1. The van der Waals surface area contributed by atoms with Crippen molar-refractivity contribution >= 4 is 11.8 Å². The van der Waals surface area contributed by atoms with Crippen molar-refractivity contribution in [3.05, 3.63) is 17.8 Å². The van der Waals surface area contributed by atoms with Gasteiger partial charge in [-0.2, -0.15) is 0 Å². The second kappa shape index (κ2) is 6.54. The van der Waals surface area contributed by atoms with Crippen LogP contribution in [0, 0.1) is 0 Å². The maximum absolute atomic E-state index is 11.8. The van der Waals surface area contributed by atoms with Crippen molar-refractivity contribution < 1.29 is 24.2 Å². The van der Waals surface area contributed by atoms with E-state index < -0.39 is 5.60 Å². The van der Waals surface area contributed by atoms with Gasteiger partial charge in [0.15, 0.2) is 0 Å². The van der Waals surface area contributed by atoms with Crippen LogP contribution >= 0.6 is 0 Å². The third-order valence-corrected chi connectivity index (χ3v) is 4.45. The molecule has 0 aromatic carbocycles. The minimum absolute atomic E-state index is 0.300. The zero-order chi connectivity index (χ0) is 17.2. The fourth-order valence-corrected chi connectivity index (χ4v) is 3.16. The van der Waals surface area contributed by atoms with Crippen LogP contribution < -0.4 is 9.47 Å². The lowest BCUT2D eigenvalue weighted by molar-refractivity contribution is 0.00111. The quantitative estimate of drug-likeness (QED) is 0.657. The van der Waals surface area contributed by atoms with Gasteiger partial charge in [0.1, 0.15) is 22.8 Å². The minimum Gasteiger partial charge on any atom is -0.484 e. The van der Waals surface area contributed by atoms with Crippen LogP contribution in [0.15, 0.2) is 17.3 Å². The zero-order valence-corrected chi connectivity index (χ0v) is 13.8. The first kappa shape index (κ1) is 16.4. The topological polar surface area (TPSA) is 93.5 Å². The number of aromatic nitrogens is 1. The van der Waals surface area contributed by atoms with Crippen molar-refractivity contribution in [1.29, 1.82) is 0 Å². The number of amides is 1. The average molecular weight is 335 g/mol. The molecule has 0 atom stereocenters. The molecule has 8 nitrogen and oxygen atoms in total. The van der Waals surface area contributed by atoms with Crippen LogP contribution in [0.25, 0.3) is 0 Å². The van der Waals surface area contributed by atoms with E-state index in [-0.39, 0.29) is 6.09 Å². The van der Waals surface area contributed by atoms with Crippen LogP contribution in [0.3, 0.4) is 0 Å². The molecule has 0 unspecified atom stereocenters. The van der Waals surface area contributed by atoms with Crippen LogP contribution in [0.2, 0.25) is 0 Å². The molecule has 1 aromatic rings. The second-order valence-corrected chi connectivity index (χ2v) is 5.89. The van der Waals surface area contributed by atoms with Gasteiger partial charge in [-0.15, -0.1) is 0 Å². The molecule has 1 fully saturated rings. The predicted molar refractivity (Wildman–Crippen MR) is 84.9 cm³/mol. The summed E-state index contributed by atoms with van der Waals surface area (Å²) in [7, 11) is 1.53. The molecule has 1 spiro atoms. The van der Waals surface area contributed by atoms with Gasteiger partial charge >= 0.3 is 6.09 Å². The van der Waals surface area contributed by atoms with E-state index in [1.807, 2.05) is 0 Å². The number of methoxy groups -OCH3 is 1. The summed E-state index contributed by atoms with van der Waals surface area (Å²) in [4.78, 5) is 17.8. The molecule has 0 bridgehead atoms. The van der Waals surface area contributed by atoms with Gasteiger partial charge in [0.25, 0.3) is 0 Å². The molecule has 0 radical (unpaired) electrons. The third-order valence-electron chi connectivity index (χ3n) is 4.45. The number of hydrogen-bond donors (Lipinski definition) is 1. The van der Waals surface area contributed by atoms with Crippen LogP contribution in [0.1, 0.15) is 31.9 Å². The Labute approximate surface area is 140 Å². The van der Waals surface area contributed by atoms with E-state index in [0.717, 1.165) is 0 Å². The molecule has 2 aliphatic rings. The molecule has 8 heteroatoms. The van der Waals surface area contributed by atoms with Gasteiger partial charge in [-0.25, -0.2) is 9.78 Å². The first-order valence-corrected chi connectivity index (χ1v) is 7.98. The van der Waals surface area contributed by atoms with E-state index in [1.54, 1.807) is 24.0 Å². The molecule has 1 aromatic heterocycles. The van der Waals surface area contributed by atoms with E-state index in [4.69, 9.17) is 14.2 Å². The first-order chi connectivity index (χ1) is 11.6. The van der Waals surface area contributed by atoms with Gasteiger partial charge in [-0.1, -0.05) is 5.16 Å². The van der Waals surface area contributed by atoms with E-state index in [2.05, 4.69) is 10.1 Å². The highest BCUT2D eigenvalue weighted by Gasteiger charge is 2.44. The number of carbonyl (C=O) groups is 1. The Morgan fingerprint density at radius 2 is 2.21 bits per heavy atom. The van der Waals surface area contributed by atoms with Crippen molar-refractivity contribution in [1.82, 2.24) is 9.88 Å². The Morgan fingerprint density at radius 1 is 1.46 bits per heavy atom. The highest BCUT2D eigenvalue weighted by atomic mass is 16.6. The maximum Gasteiger partial charge on any atom is 0.409 e. The molecule has 3 heterocycles. The van der Waals surface area contributed by atoms with Crippen molar-refractivity contribution in [3.8, 4) is 11.6 Å². The molecule has 0 saturated carbocycles. The molecular formula is C16H21N3O5. The van der Waals surface area contributed by atoms with Gasteiger partial charge < -0.3 is 24.3 Å². The number of fused-ring (bicyclic) bond motifs is 1. The van der Waals surface area contributed by atoms with Crippen molar-refractivity contribution in [2.45, 2.75) is 31.8 Å². The Hall–Kier alpha value is -2.51. The maximum atomic E-state index is 11.8. The number of likely N-dealkylation sites (tertiary alicyclic amines) is 1. The summed E-state index contributed by atoms with van der Waals surface area (Å²) in [5, 5.41) is 12.8. The average Bonchev–Trinajstić information content (AvgIpc) is 2.61. The standard InChI is InChI=1S/C16H21N3O5/c1-3-23-15(20)19-8-6-16(7-9-19)10-11(18-21)14-12(24-16)4-5-13(17-14)22-2/h4-5,21H,3,6-10H2,1-2H3. The molecule has 2 aliphatic heterocycles. The Balaban J connectivity index is 1.78. The zero-order valence-electron chi connectivity index (χ0n) is 13.8. The summed E-state index contributed by atoms with van der Waals surface area (Å²) in [5.41, 5.74) is 0.475. The van der Waals surface area contributed by atoms with Crippen molar-refractivity contribution in [3.63, 3.8) is 0 Å². The van der Waals surface area contributed by atoms with E-state index in [1.165, 1.54) is 7.11 Å².